The number of hydrazine groups is 1. The van der Waals surface area contributed by atoms with Crippen LogP contribution in [0.2, 0.25) is 16.6 Å². The van der Waals surface area contributed by atoms with Crippen LogP contribution in [0.1, 0.15) is 91.3 Å². The molecule has 0 unspecified atom stereocenters. The van der Waals surface area contributed by atoms with Crippen molar-refractivity contribution >= 4 is 35.6 Å². The normalized spacial score (nSPS) is 19.9. The molecular formula is C43H55F3N6O2Si. The van der Waals surface area contributed by atoms with Gasteiger partial charge in [-0.25, -0.2) is 23.2 Å². The lowest BCUT2D eigenvalue weighted by Gasteiger charge is -2.38. The van der Waals surface area contributed by atoms with E-state index in [-0.39, 0.29) is 46.6 Å². The molecule has 7 rings (SSSR count). The molecule has 5 heterocycles. The Balaban J connectivity index is 1.43. The third-order valence-electron chi connectivity index (χ3n) is 12.2. The first-order chi connectivity index (χ1) is 26.4. The van der Waals surface area contributed by atoms with Crippen LogP contribution in [0.25, 0.3) is 32.9 Å². The lowest BCUT2D eigenvalue weighted by molar-refractivity contribution is 0.166. The van der Waals surface area contributed by atoms with Crippen molar-refractivity contribution in [3.8, 4) is 34.5 Å². The van der Waals surface area contributed by atoms with Gasteiger partial charge in [-0.05, 0) is 84.8 Å². The largest absolute Gasteiger partial charge is 0.508 e. The molecule has 2 fully saturated rings. The highest BCUT2D eigenvalue weighted by molar-refractivity contribution is 6.90. The standard InChI is InChI=1S/C43H55F3N6O2Si/c1-26(2)55(27(3)4,28(5)6)20-15-33-35(45)13-12-30-22-32(53)23-34(37(30)33)40-39(46)41-38-36(48-40)14-19-51-17-8-7-9-18-52(51)42(38)50-43(49-41)54-25-29-11-10-16-47-24-31(44)21-29/h12-13,22-23,26-29,31,47,53H,7-11,14,16-19,21,24-25H2,1-6H3/t29-,31-/m1/s1. The van der Waals surface area contributed by atoms with Gasteiger partial charge in [0.25, 0.3) is 0 Å². The number of nitrogens with one attached hydrogen (secondary N) is 1. The number of pyridine rings is 1. The zero-order valence-corrected chi connectivity index (χ0v) is 34.1. The molecule has 2 N–H and O–H groups in total. The number of anilines is 1. The molecule has 2 saturated heterocycles. The summed E-state index contributed by atoms with van der Waals surface area (Å²) in [4.78, 5) is 14.6. The van der Waals surface area contributed by atoms with Gasteiger partial charge in [0.15, 0.2) is 11.6 Å². The van der Waals surface area contributed by atoms with E-state index in [9.17, 15) is 9.50 Å². The van der Waals surface area contributed by atoms with E-state index in [1.165, 1.54) is 12.1 Å². The van der Waals surface area contributed by atoms with Gasteiger partial charge in [-0.1, -0.05) is 60.0 Å². The van der Waals surface area contributed by atoms with Crippen LogP contribution in [0, 0.1) is 29.0 Å². The number of fused-ring (bicyclic) bond motifs is 3. The van der Waals surface area contributed by atoms with Gasteiger partial charge in [-0.3, -0.25) is 5.01 Å². The predicted molar refractivity (Wildman–Crippen MR) is 217 cm³/mol. The molecule has 3 aliphatic rings. The number of phenolic OH excluding ortho intramolecular Hbond substituents is 1. The summed E-state index contributed by atoms with van der Waals surface area (Å²) in [6.45, 7) is 16.7. The Hall–Kier alpha value is -3.92. The SMILES string of the molecule is CC(C)[Si](C#Cc1c(F)ccc2cc(O)cc(-c3nc4c5c(nc(OC[C@@H]6CCCNC[C@H](F)C6)nc5c3F)N3CCCCCN3CC4)c12)(C(C)C)C(C)C. The molecule has 2 aromatic carbocycles. The molecule has 4 aromatic rings. The molecule has 294 valence electrons. The average Bonchev–Trinajstić information content (AvgIpc) is 3.45. The maximum Gasteiger partial charge on any atom is 0.319 e. The molecule has 3 aliphatic heterocycles. The van der Waals surface area contributed by atoms with Gasteiger partial charge >= 0.3 is 6.01 Å². The van der Waals surface area contributed by atoms with E-state index in [2.05, 4.69) is 68.3 Å². The van der Waals surface area contributed by atoms with Crippen molar-refractivity contribution in [3.63, 3.8) is 0 Å². The quantitative estimate of drug-likeness (QED) is 0.142. The van der Waals surface area contributed by atoms with Crippen LogP contribution in [-0.2, 0) is 6.42 Å². The van der Waals surface area contributed by atoms with E-state index >= 15 is 8.78 Å². The molecule has 2 atom stereocenters. The summed E-state index contributed by atoms with van der Waals surface area (Å²) in [6, 6.07) is 6.01. The minimum atomic E-state index is -2.28. The molecule has 2 aromatic heterocycles. The van der Waals surface area contributed by atoms with Gasteiger partial charge < -0.3 is 15.2 Å². The third kappa shape index (κ3) is 7.64. The first-order valence-corrected chi connectivity index (χ1v) is 22.5. The van der Waals surface area contributed by atoms with Crippen molar-refractivity contribution in [2.24, 2.45) is 5.92 Å². The number of alkyl halides is 1. The smallest absolute Gasteiger partial charge is 0.319 e. The number of halogens is 3. The Labute approximate surface area is 324 Å². The average molecular weight is 773 g/mol. The topological polar surface area (TPSA) is 86.6 Å². The number of hydrogen-bond acceptors (Lipinski definition) is 8. The Kier molecular flexibility index (Phi) is 11.6. The fourth-order valence-corrected chi connectivity index (χ4v) is 14.7. The van der Waals surface area contributed by atoms with Gasteiger partial charge in [0, 0.05) is 43.5 Å². The molecule has 0 amide bonds. The van der Waals surface area contributed by atoms with Gasteiger partial charge in [0.1, 0.15) is 37.0 Å². The zero-order chi connectivity index (χ0) is 39.0. The molecule has 8 nitrogen and oxygen atoms in total. The monoisotopic (exact) mass is 772 g/mol. The maximum atomic E-state index is 17.5. The Morgan fingerprint density at radius 3 is 2.47 bits per heavy atom. The zero-order valence-electron chi connectivity index (χ0n) is 33.1. The summed E-state index contributed by atoms with van der Waals surface area (Å²) < 4.78 is 54.6. The molecule has 0 aliphatic carbocycles. The van der Waals surface area contributed by atoms with Crippen LogP contribution in [-0.4, -0.2) is 78.6 Å². The van der Waals surface area contributed by atoms with Gasteiger partial charge in [-0.15, -0.1) is 5.54 Å². The van der Waals surface area contributed by atoms with Gasteiger partial charge in [-0.2, -0.15) is 9.97 Å². The van der Waals surface area contributed by atoms with Crippen LogP contribution in [0.5, 0.6) is 11.8 Å². The molecule has 0 bridgehead atoms. The number of aromatic nitrogens is 3. The summed E-state index contributed by atoms with van der Waals surface area (Å²) in [5, 5.41) is 20.0. The van der Waals surface area contributed by atoms with E-state index in [1.54, 1.807) is 12.1 Å². The Bertz CT molecular complexity index is 2100. The van der Waals surface area contributed by atoms with Crippen LogP contribution < -0.4 is 15.1 Å². The van der Waals surface area contributed by atoms with Crippen LogP contribution in [0.15, 0.2) is 24.3 Å². The van der Waals surface area contributed by atoms with Crippen molar-refractivity contribution in [3.05, 3.63) is 47.2 Å². The second-order valence-corrected chi connectivity index (χ2v) is 22.3. The summed E-state index contributed by atoms with van der Waals surface area (Å²) in [7, 11) is -2.28. The first-order valence-electron chi connectivity index (χ1n) is 20.3. The lowest BCUT2D eigenvalue weighted by atomic mass is 9.95. The molecule has 0 saturated carbocycles. The van der Waals surface area contributed by atoms with Gasteiger partial charge in [0.2, 0.25) is 0 Å². The molecule has 0 radical (unpaired) electrons. The highest BCUT2D eigenvalue weighted by atomic mass is 28.3. The van der Waals surface area contributed by atoms with E-state index in [4.69, 9.17) is 19.7 Å². The van der Waals surface area contributed by atoms with Crippen molar-refractivity contribution in [1.29, 1.82) is 0 Å². The van der Waals surface area contributed by atoms with E-state index in [1.807, 2.05) is 0 Å². The van der Waals surface area contributed by atoms with E-state index < -0.39 is 25.9 Å². The summed E-state index contributed by atoms with van der Waals surface area (Å²) in [6.07, 6.45) is 4.64. The maximum absolute atomic E-state index is 17.5. The second-order valence-electron chi connectivity index (χ2n) is 16.7. The first kappa shape index (κ1) is 39.3. The number of nitrogens with zero attached hydrogens (tertiary/aromatic N) is 5. The number of benzene rings is 2. The van der Waals surface area contributed by atoms with Crippen molar-refractivity contribution < 1.29 is 23.0 Å². The van der Waals surface area contributed by atoms with Crippen LogP contribution in [0.3, 0.4) is 0 Å². The van der Waals surface area contributed by atoms with Crippen LogP contribution >= 0.6 is 0 Å². The number of rotatable bonds is 7. The summed E-state index contributed by atoms with van der Waals surface area (Å²) >= 11 is 0. The van der Waals surface area contributed by atoms with Crippen LogP contribution in [0.4, 0.5) is 19.0 Å². The third-order valence-corrected chi connectivity index (χ3v) is 18.5. The second kappa shape index (κ2) is 16.3. The lowest BCUT2D eigenvalue weighted by Crippen LogP contribution is -2.43. The summed E-state index contributed by atoms with van der Waals surface area (Å²) in [5.41, 5.74) is 5.70. The van der Waals surface area contributed by atoms with E-state index in [0.717, 1.165) is 45.2 Å². The summed E-state index contributed by atoms with van der Waals surface area (Å²) in [5.74, 6) is 2.52. The number of ether oxygens (including phenoxy) is 1. The number of phenols is 1. The van der Waals surface area contributed by atoms with Crippen molar-refractivity contribution in [2.75, 3.05) is 44.3 Å². The molecular weight excluding hydrogens is 718 g/mol. The molecule has 12 heteroatoms. The minimum absolute atomic E-state index is 0.0295. The highest BCUT2D eigenvalue weighted by Crippen LogP contribution is 2.43. The fraction of sp³-hybridized carbons (Fsp3) is 0.558. The number of aromatic hydroxyl groups is 1. The molecule has 55 heavy (non-hydrogen) atoms. The van der Waals surface area contributed by atoms with E-state index in [0.29, 0.717) is 76.8 Å². The Morgan fingerprint density at radius 1 is 0.945 bits per heavy atom. The van der Waals surface area contributed by atoms with Gasteiger partial charge in [0.05, 0.1) is 23.3 Å². The minimum Gasteiger partial charge on any atom is -0.508 e. The highest BCUT2D eigenvalue weighted by Gasteiger charge is 2.42. The molecule has 0 spiro atoms. The fourth-order valence-electron chi connectivity index (χ4n) is 9.54. The van der Waals surface area contributed by atoms with Crippen molar-refractivity contribution in [2.45, 2.75) is 109 Å². The predicted octanol–water partition coefficient (Wildman–Crippen LogP) is 9.27. The van der Waals surface area contributed by atoms with Crippen molar-refractivity contribution in [1.82, 2.24) is 25.3 Å². The Morgan fingerprint density at radius 2 is 1.71 bits per heavy atom. The number of hydrogen-bond donors (Lipinski definition) is 2.